The van der Waals surface area contributed by atoms with E-state index in [0.29, 0.717) is 5.75 Å². The van der Waals surface area contributed by atoms with Crippen LogP contribution in [0.15, 0.2) is 18.2 Å². The molecule has 2 heteroatoms. The van der Waals surface area contributed by atoms with E-state index in [9.17, 15) is 5.11 Å². The summed E-state index contributed by atoms with van der Waals surface area (Å²) in [5, 5.41) is 13.2. The number of aryl methyl sites for hydroxylation is 1. The molecular formula is C12H17NO. The van der Waals surface area contributed by atoms with Crippen molar-refractivity contribution < 1.29 is 5.11 Å². The van der Waals surface area contributed by atoms with Crippen molar-refractivity contribution in [3.8, 4) is 5.75 Å². The Hall–Kier alpha value is -1.18. The first-order chi connectivity index (χ1) is 6.58. The predicted molar refractivity (Wildman–Crippen MR) is 58.7 cm³/mol. The fourth-order valence-corrected chi connectivity index (χ4v) is 2.06. The van der Waals surface area contributed by atoms with Crippen LogP contribution in [-0.4, -0.2) is 10.6 Å². The number of aromatic hydroxyl groups is 1. The van der Waals surface area contributed by atoms with Crippen molar-refractivity contribution in [1.29, 1.82) is 0 Å². The summed E-state index contributed by atoms with van der Waals surface area (Å²) in [6, 6.07) is 5.74. The minimum Gasteiger partial charge on any atom is -0.506 e. The number of para-hydroxylation sites is 1. The first kappa shape index (κ1) is 9.38. The Morgan fingerprint density at radius 3 is 2.93 bits per heavy atom. The van der Waals surface area contributed by atoms with Gasteiger partial charge in [0.25, 0.3) is 0 Å². The van der Waals surface area contributed by atoms with Crippen LogP contribution in [0.1, 0.15) is 32.3 Å². The third-order valence-corrected chi connectivity index (χ3v) is 2.84. The van der Waals surface area contributed by atoms with E-state index >= 15 is 0 Å². The van der Waals surface area contributed by atoms with Gasteiger partial charge in [0.15, 0.2) is 0 Å². The summed E-state index contributed by atoms with van der Waals surface area (Å²) in [6.45, 7) is 4.35. The van der Waals surface area contributed by atoms with E-state index in [1.54, 1.807) is 6.07 Å². The second-order valence-electron chi connectivity index (χ2n) is 4.67. The van der Waals surface area contributed by atoms with Crippen molar-refractivity contribution in [2.45, 2.75) is 38.6 Å². The summed E-state index contributed by atoms with van der Waals surface area (Å²) in [5.41, 5.74) is 2.25. The highest BCUT2D eigenvalue weighted by Crippen LogP contribution is 2.35. The average Bonchev–Trinajstić information content (AvgIpc) is 2.24. The van der Waals surface area contributed by atoms with Crippen LogP contribution >= 0.6 is 0 Å². The van der Waals surface area contributed by atoms with Crippen LogP contribution in [0.3, 0.4) is 0 Å². The Balaban J connectivity index is 2.43. The first-order valence-corrected chi connectivity index (χ1v) is 5.17. The molecule has 0 amide bonds. The van der Waals surface area contributed by atoms with Gasteiger partial charge in [-0.05, 0) is 44.7 Å². The Morgan fingerprint density at radius 2 is 2.14 bits per heavy atom. The molecule has 1 aliphatic heterocycles. The fourth-order valence-electron chi connectivity index (χ4n) is 2.06. The molecule has 0 fully saturated rings. The summed E-state index contributed by atoms with van der Waals surface area (Å²) >= 11 is 0. The number of fused-ring (bicyclic) bond motifs is 1. The third-order valence-electron chi connectivity index (χ3n) is 2.84. The third kappa shape index (κ3) is 1.69. The van der Waals surface area contributed by atoms with Gasteiger partial charge in [0.2, 0.25) is 0 Å². The molecule has 1 aromatic carbocycles. The molecule has 0 saturated heterocycles. The standard InChI is InChI=1S/C12H17NO/c1-12(2)8-4-6-9-5-3-7-10(14)11(9)13-12/h3,5,7,13-14H,4,6,8H2,1-2H3. The molecule has 0 aliphatic carbocycles. The van der Waals surface area contributed by atoms with E-state index in [-0.39, 0.29) is 5.54 Å². The lowest BCUT2D eigenvalue weighted by Crippen LogP contribution is -2.29. The molecule has 14 heavy (non-hydrogen) atoms. The zero-order chi connectivity index (χ0) is 10.2. The van der Waals surface area contributed by atoms with Gasteiger partial charge in [-0.1, -0.05) is 12.1 Å². The predicted octanol–water partition coefficient (Wildman–Crippen LogP) is 2.92. The highest BCUT2D eigenvalue weighted by molar-refractivity contribution is 5.63. The Labute approximate surface area is 85.0 Å². The van der Waals surface area contributed by atoms with Crippen molar-refractivity contribution in [2.24, 2.45) is 0 Å². The largest absolute Gasteiger partial charge is 0.506 e. The molecule has 0 saturated carbocycles. The van der Waals surface area contributed by atoms with Crippen LogP contribution in [0.4, 0.5) is 5.69 Å². The molecule has 2 N–H and O–H groups in total. The maximum Gasteiger partial charge on any atom is 0.138 e. The number of phenols is 1. The molecule has 1 heterocycles. The molecule has 2 rings (SSSR count). The van der Waals surface area contributed by atoms with Crippen LogP contribution < -0.4 is 5.32 Å². The van der Waals surface area contributed by atoms with Crippen LogP contribution in [0, 0.1) is 0 Å². The number of phenolic OH excluding ortho intramolecular Hbond substituents is 1. The van der Waals surface area contributed by atoms with E-state index in [4.69, 9.17) is 0 Å². The quantitative estimate of drug-likeness (QED) is 0.618. The average molecular weight is 191 g/mol. The van der Waals surface area contributed by atoms with E-state index in [1.807, 2.05) is 6.07 Å². The van der Waals surface area contributed by atoms with Gasteiger partial charge in [-0.15, -0.1) is 0 Å². The van der Waals surface area contributed by atoms with Crippen molar-refractivity contribution in [3.05, 3.63) is 23.8 Å². The van der Waals surface area contributed by atoms with Gasteiger partial charge in [-0.2, -0.15) is 0 Å². The number of anilines is 1. The van der Waals surface area contributed by atoms with Crippen molar-refractivity contribution >= 4 is 5.69 Å². The summed E-state index contributed by atoms with van der Waals surface area (Å²) < 4.78 is 0. The maximum atomic E-state index is 9.75. The summed E-state index contributed by atoms with van der Waals surface area (Å²) in [5.74, 6) is 0.373. The smallest absolute Gasteiger partial charge is 0.138 e. The van der Waals surface area contributed by atoms with E-state index in [0.717, 1.165) is 18.5 Å². The highest BCUT2D eigenvalue weighted by Gasteiger charge is 2.23. The summed E-state index contributed by atoms with van der Waals surface area (Å²) in [4.78, 5) is 0. The fraction of sp³-hybridized carbons (Fsp3) is 0.500. The Morgan fingerprint density at radius 1 is 1.36 bits per heavy atom. The van der Waals surface area contributed by atoms with Gasteiger partial charge < -0.3 is 10.4 Å². The lowest BCUT2D eigenvalue weighted by atomic mass is 9.99. The van der Waals surface area contributed by atoms with Crippen molar-refractivity contribution in [2.75, 3.05) is 5.32 Å². The molecule has 0 spiro atoms. The SMILES string of the molecule is CC1(C)CCCc2cccc(O)c2N1. The lowest BCUT2D eigenvalue weighted by molar-refractivity contribution is 0.470. The molecule has 0 aromatic heterocycles. The second kappa shape index (κ2) is 3.19. The minimum absolute atomic E-state index is 0.0874. The first-order valence-electron chi connectivity index (χ1n) is 5.17. The minimum atomic E-state index is 0.0874. The van der Waals surface area contributed by atoms with Crippen LogP contribution in [0.5, 0.6) is 5.75 Å². The second-order valence-corrected chi connectivity index (χ2v) is 4.67. The molecule has 2 nitrogen and oxygen atoms in total. The van der Waals surface area contributed by atoms with Gasteiger partial charge in [0.05, 0.1) is 5.69 Å². The van der Waals surface area contributed by atoms with Gasteiger partial charge in [-0.3, -0.25) is 0 Å². The van der Waals surface area contributed by atoms with Crippen molar-refractivity contribution in [1.82, 2.24) is 0 Å². The lowest BCUT2D eigenvalue weighted by Gasteiger charge is -2.26. The molecule has 0 atom stereocenters. The van der Waals surface area contributed by atoms with Gasteiger partial charge in [-0.25, -0.2) is 0 Å². The highest BCUT2D eigenvalue weighted by atomic mass is 16.3. The molecule has 1 aliphatic rings. The normalized spacial score (nSPS) is 19.3. The number of rotatable bonds is 0. The summed E-state index contributed by atoms with van der Waals surface area (Å²) in [7, 11) is 0. The molecule has 0 unspecified atom stereocenters. The van der Waals surface area contributed by atoms with Gasteiger partial charge in [0.1, 0.15) is 5.75 Å². The van der Waals surface area contributed by atoms with Crippen LogP contribution in [0.25, 0.3) is 0 Å². The van der Waals surface area contributed by atoms with E-state index in [1.165, 1.54) is 12.0 Å². The monoisotopic (exact) mass is 191 g/mol. The number of benzene rings is 1. The Kier molecular flexibility index (Phi) is 2.14. The molecule has 76 valence electrons. The van der Waals surface area contributed by atoms with Gasteiger partial charge >= 0.3 is 0 Å². The number of nitrogens with one attached hydrogen (secondary N) is 1. The molecule has 0 radical (unpaired) electrons. The Bertz CT molecular complexity index is 344. The van der Waals surface area contributed by atoms with E-state index in [2.05, 4.69) is 25.2 Å². The van der Waals surface area contributed by atoms with E-state index < -0.39 is 0 Å². The molecule has 1 aromatic rings. The zero-order valence-corrected chi connectivity index (χ0v) is 8.80. The summed E-state index contributed by atoms with van der Waals surface area (Å²) in [6.07, 6.45) is 3.37. The number of hydrogen-bond donors (Lipinski definition) is 2. The van der Waals surface area contributed by atoms with Crippen LogP contribution in [-0.2, 0) is 6.42 Å². The zero-order valence-electron chi connectivity index (χ0n) is 8.80. The van der Waals surface area contributed by atoms with Gasteiger partial charge in [0, 0.05) is 5.54 Å². The molecular weight excluding hydrogens is 174 g/mol. The van der Waals surface area contributed by atoms with Crippen molar-refractivity contribution in [3.63, 3.8) is 0 Å². The maximum absolute atomic E-state index is 9.75. The molecule has 0 bridgehead atoms. The van der Waals surface area contributed by atoms with Crippen LogP contribution in [0.2, 0.25) is 0 Å². The number of hydrogen-bond acceptors (Lipinski definition) is 2. The topological polar surface area (TPSA) is 32.3 Å².